The molecule has 1 aliphatic carbocycles. The topological polar surface area (TPSA) is 146 Å². The number of ketones is 2. The van der Waals surface area contributed by atoms with E-state index < -0.39 is 40.3 Å². The van der Waals surface area contributed by atoms with E-state index in [1.165, 1.54) is 44.6 Å². The number of rotatable bonds is 8. The minimum atomic E-state index is -2.04. The normalized spacial score (nSPS) is 20.7. The number of aromatic nitrogens is 2. The highest BCUT2D eigenvalue weighted by Crippen LogP contribution is 2.56. The SMILES string of the molecule is COc1cc(C2C3=C(CC(C)C4(Oc5c(Cl)c(OC)cc(OC)c5C4=O)C3=O)Nc3c2c(=O)n(C)c(=O)n3C)ccc1OCCc1ccc2c(c1)CCO2. The van der Waals surface area contributed by atoms with Crippen LogP contribution in [0, 0.1) is 5.92 Å². The third kappa shape index (κ3) is 5.04. The Labute approximate surface area is 314 Å². The summed E-state index contributed by atoms with van der Waals surface area (Å²) in [5.41, 5.74) is 0.397. The summed E-state index contributed by atoms with van der Waals surface area (Å²) >= 11 is 6.69. The maximum Gasteiger partial charge on any atom is 0.332 e. The van der Waals surface area contributed by atoms with Crippen LogP contribution in [0.1, 0.15) is 51.9 Å². The lowest BCUT2D eigenvalue weighted by molar-refractivity contribution is -0.130. The lowest BCUT2D eigenvalue weighted by Crippen LogP contribution is -2.58. The highest BCUT2D eigenvalue weighted by atomic mass is 35.5. The average molecular weight is 756 g/mol. The number of nitrogens with one attached hydrogen (secondary N) is 1. The fourth-order valence-electron chi connectivity index (χ4n) is 8.18. The summed E-state index contributed by atoms with van der Waals surface area (Å²) in [7, 11) is 7.26. The van der Waals surface area contributed by atoms with Crippen molar-refractivity contribution >= 4 is 29.0 Å². The molecule has 8 rings (SSSR count). The zero-order valence-corrected chi connectivity index (χ0v) is 31.3. The number of hydrogen-bond acceptors (Lipinski definition) is 11. The number of allylic oxidation sites excluding steroid dienone is 1. The van der Waals surface area contributed by atoms with Gasteiger partial charge in [0, 0.05) is 56.1 Å². The standard InChI is InChI=1S/C40H38ClN3O10/c1-19-15-23-30(35(45)40(19)36(46)31-27(50-5)18-28(51-6)33(41)34(31)54-40)29(32-37(42-23)43(2)39(48)44(3)38(32)47)22-8-10-25(26(17-22)49-4)53-13-11-20-7-9-24-21(16-20)12-14-52-24/h7-10,16-19,29,42H,11-15H2,1-6H3. The van der Waals surface area contributed by atoms with Crippen LogP contribution in [0.4, 0.5) is 5.82 Å². The summed E-state index contributed by atoms with van der Waals surface area (Å²) in [6.07, 6.45) is 1.68. The number of nitrogens with zero attached hydrogens (tertiary/aromatic N) is 2. The molecule has 3 atom stereocenters. The molecule has 1 N–H and O–H groups in total. The Bertz CT molecular complexity index is 2450. The predicted molar refractivity (Wildman–Crippen MR) is 198 cm³/mol. The van der Waals surface area contributed by atoms with Crippen molar-refractivity contribution in [1.82, 2.24) is 9.13 Å². The van der Waals surface area contributed by atoms with E-state index in [0.717, 1.165) is 22.3 Å². The third-order valence-electron chi connectivity index (χ3n) is 11.0. The van der Waals surface area contributed by atoms with Gasteiger partial charge in [-0.25, -0.2) is 4.79 Å². The van der Waals surface area contributed by atoms with Crippen LogP contribution in [0.25, 0.3) is 0 Å². The van der Waals surface area contributed by atoms with E-state index in [4.69, 9.17) is 40.0 Å². The molecule has 4 heterocycles. The van der Waals surface area contributed by atoms with Crippen molar-refractivity contribution in [2.45, 2.75) is 37.7 Å². The molecule has 0 fully saturated rings. The number of Topliss-reactive ketones (excluding diaryl/α,β-unsaturated/α-hetero) is 2. The first-order chi connectivity index (χ1) is 25.9. The molecular formula is C40H38ClN3O10. The van der Waals surface area contributed by atoms with Crippen molar-refractivity contribution in [3.63, 3.8) is 0 Å². The smallest absolute Gasteiger partial charge is 0.332 e. The number of halogens is 1. The first kappa shape index (κ1) is 35.3. The number of benzene rings is 3. The number of hydrogen-bond donors (Lipinski definition) is 1. The van der Waals surface area contributed by atoms with Crippen molar-refractivity contribution in [2.24, 2.45) is 20.0 Å². The Hall–Kier alpha value is -5.69. The molecule has 280 valence electrons. The van der Waals surface area contributed by atoms with Gasteiger partial charge in [0.25, 0.3) is 5.56 Å². The highest BCUT2D eigenvalue weighted by molar-refractivity contribution is 6.36. The van der Waals surface area contributed by atoms with Gasteiger partial charge >= 0.3 is 5.69 Å². The summed E-state index contributed by atoms with van der Waals surface area (Å²) in [6.45, 7) is 2.78. The molecule has 0 bridgehead atoms. The molecule has 3 unspecified atom stereocenters. The number of methoxy groups -OCH3 is 3. The van der Waals surface area contributed by atoms with Crippen molar-refractivity contribution in [3.05, 3.63) is 107 Å². The van der Waals surface area contributed by atoms with Gasteiger partial charge in [-0.2, -0.15) is 0 Å². The Morgan fingerprint density at radius 1 is 0.907 bits per heavy atom. The summed E-state index contributed by atoms with van der Waals surface area (Å²) in [5, 5.41) is 3.26. The fraction of sp³-hybridized carbons (Fsp3) is 0.350. The minimum absolute atomic E-state index is 0.0162. The summed E-state index contributed by atoms with van der Waals surface area (Å²) < 4.78 is 37.4. The van der Waals surface area contributed by atoms with Crippen LogP contribution in [-0.2, 0) is 31.7 Å². The van der Waals surface area contributed by atoms with Crippen LogP contribution in [0.5, 0.6) is 34.5 Å². The van der Waals surface area contributed by atoms with Crippen molar-refractivity contribution in [2.75, 3.05) is 39.9 Å². The van der Waals surface area contributed by atoms with Crippen molar-refractivity contribution in [1.29, 1.82) is 0 Å². The van der Waals surface area contributed by atoms with Gasteiger partial charge in [0.05, 0.1) is 40.1 Å². The van der Waals surface area contributed by atoms with E-state index in [9.17, 15) is 14.4 Å². The Kier molecular flexibility index (Phi) is 8.52. The number of carbonyl (C=O) groups excluding carboxylic acids is 2. The van der Waals surface area contributed by atoms with Gasteiger partial charge in [-0.3, -0.25) is 23.5 Å². The Morgan fingerprint density at radius 2 is 1.67 bits per heavy atom. The number of carbonyl (C=O) groups is 2. The minimum Gasteiger partial charge on any atom is -0.496 e. The van der Waals surface area contributed by atoms with Gasteiger partial charge in [0.1, 0.15) is 33.7 Å². The van der Waals surface area contributed by atoms with E-state index in [0.29, 0.717) is 42.4 Å². The maximum absolute atomic E-state index is 15.2. The molecule has 0 radical (unpaired) electrons. The van der Waals surface area contributed by atoms with Gasteiger partial charge in [-0.1, -0.05) is 36.7 Å². The first-order valence-electron chi connectivity index (χ1n) is 17.5. The van der Waals surface area contributed by atoms with Crippen LogP contribution in [-0.4, -0.2) is 60.8 Å². The lowest BCUT2D eigenvalue weighted by Gasteiger charge is -2.42. The molecule has 1 aromatic heterocycles. The van der Waals surface area contributed by atoms with E-state index in [-0.39, 0.29) is 51.2 Å². The summed E-state index contributed by atoms with van der Waals surface area (Å²) in [5.74, 6) is -0.678. The maximum atomic E-state index is 15.2. The third-order valence-corrected chi connectivity index (χ3v) is 11.4. The average Bonchev–Trinajstić information content (AvgIpc) is 3.78. The second-order valence-corrected chi connectivity index (χ2v) is 14.2. The van der Waals surface area contributed by atoms with E-state index >= 15 is 4.79 Å². The molecule has 3 aliphatic heterocycles. The van der Waals surface area contributed by atoms with E-state index in [1.807, 2.05) is 12.1 Å². The molecule has 4 aromatic rings. The quantitative estimate of drug-likeness (QED) is 0.249. The van der Waals surface area contributed by atoms with Crippen molar-refractivity contribution in [3.8, 4) is 34.5 Å². The zero-order valence-electron chi connectivity index (χ0n) is 30.6. The van der Waals surface area contributed by atoms with Crippen LogP contribution < -0.4 is 45.0 Å². The monoisotopic (exact) mass is 755 g/mol. The van der Waals surface area contributed by atoms with Crippen molar-refractivity contribution < 1.29 is 38.0 Å². The molecule has 0 saturated heterocycles. The fourth-order valence-corrected chi connectivity index (χ4v) is 8.44. The highest BCUT2D eigenvalue weighted by Gasteiger charge is 2.64. The molecular weight excluding hydrogens is 718 g/mol. The van der Waals surface area contributed by atoms with E-state index in [1.54, 1.807) is 32.2 Å². The van der Waals surface area contributed by atoms with Gasteiger partial charge in [-0.05, 0) is 41.3 Å². The molecule has 54 heavy (non-hydrogen) atoms. The molecule has 1 spiro atoms. The number of fused-ring (bicyclic) bond motifs is 3. The van der Waals surface area contributed by atoms with Gasteiger partial charge in [-0.15, -0.1) is 0 Å². The first-order valence-corrected chi connectivity index (χ1v) is 17.9. The lowest BCUT2D eigenvalue weighted by atomic mass is 9.66. The van der Waals surface area contributed by atoms with Gasteiger partial charge < -0.3 is 33.7 Å². The number of ether oxygens (including phenoxy) is 6. The van der Waals surface area contributed by atoms with Crippen LogP contribution in [0.2, 0.25) is 5.02 Å². The largest absolute Gasteiger partial charge is 0.496 e. The second-order valence-electron chi connectivity index (χ2n) is 13.9. The molecule has 14 heteroatoms. The van der Waals surface area contributed by atoms with Gasteiger partial charge in [0.15, 0.2) is 17.2 Å². The Morgan fingerprint density at radius 3 is 2.41 bits per heavy atom. The molecule has 4 aliphatic rings. The van der Waals surface area contributed by atoms with Crippen LogP contribution in [0.15, 0.2) is 63.3 Å². The second kappa shape index (κ2) is 13.0. The Balaban J connectivity index is 1.22. The van der Waals surface area contributed by atoms with Crippen LogP contribution in [0.3, 0.4) is 0 Å². The van der Waals surface area contributed by atoms with Crippen LogP contribution >= 0.6 is 11.6 Å². The molecule has 3 aromatic carbocycles. The van der Waals surface area contributed by atoms with E-state index in [2.05, 4.69) is 11.4 Å². The molecule has 13 nitrogen and oxygen atoms in total. The number of anilines is 1. The van der Waals surface area contributed by atoms with Gasteiger partial charge in [0.2, 0.25) is 17.2 Å². The summed E-state index contributed by atoms with van der Waals surface area (Å²) in [4.78, 5) is 57.1. The molecule has 0 amide bonds. The zero-order chi connectivity index (χ0) is 38.2. The predicted octanol–water partition coefficient (Wildman–Crippen LogP) is 4.75. The molecule has 0 saturated carbocycles. The summed E-state index contributed by atoms with van der Waals surface area (Å²) in [6, 6.07) is 12.8.